The van der Waals surface area contributed by atoms with Gasteiger partial charge in [-0.15, -0.1) is 12.4 Å². The van der Waals surface area contributed by atoms with E-state index < -0.39 is 0 Å². The molecule has 0 spiro atoms. The predicted molar refractivity (Wildman–Crippen MR) is 66.8 cm³/mol. The fourth-order valence-corrected chi connectivity index (χ4v) is 2.06. The molecule has 1 fully saturated rings. The molecule has 1 aliphatic heterocycles. The van der Waals surface area contributed by atoms with Gasteiger partial charge in [-0.05, 0) is 37.6 Å². The van der Waals surface area contributed by atoms with Crippen molar-refractivity contribution in [3.8, 4) is 11.5 Å². The Balaban J connectivity index is 0.00000128. The van der Waals surface area contributed by atoms with E-state index in [-0.39, 0.29) is 12.4 Å². The number of benzene rings is 1. The van der Waals surface area contributed by atoms with Crippen molar-refractivity contribution in [1.82, 2.24) is 5.32 Å². The topological polar surface area (TPSA) is 30.5 Å². The average molecular weight is 244 g/mol. The van der Waals surface area contributed by atoms with Crippen LogP contribution in [0.2, 0.25) is 0 Å². The first-order valence-corrected chi connectivity index (χ1v) is 5.30. The van der Waals surface area contributed by atoms with Gasteiger partial charge in [-0.3, -0.25) is 0 Å². The number of nitrogens with one attached hydrogen (secondary N) is 1. The van der Waals surface area contributed by atoms with Crippen LogP contribution in [-0.2, 0) is 0 Å². The Morgan fingerprint density at radius 1 is 1.25 bits per heavy atom. The highest BCUT2D eigenvalue weighted by Gasteiger charge is 2.20. The monoisotopic (exact) mass is 243 g/mol. The fraction of sp³-hybridized carbons (Fsp3) is 0.500. The molecule has 0 radical (unpaired) electrons. The van der Waals surface area contributed by atoms with Gasteiger partial charge in [0.15, 0.2) is 0 Å². The van der Waals surface area contributed by atoms with E-state index in [0.29, 0.717) is 6.04 Å². The Labute approximate surface area is 103 Å². The Bertz CT molecular complexity index is 338. The SMILES string of the molecule is COc1ccc(OC)c([C@H]2CCCN2)c1.Cl. The lowest BCUT2D eigenvalue weighted by Crippen LogP contribution is -2.13. The van der Waals surface area contributed by atoms with Crippen molar-refractivity contribution in [2.24, 2.45) is 0 Å². The van der Waals surface area contributed by atoms with E-state index in [9.17, 15) is 0 Å². The molecule has 2 rings (SSSR count). The van der Waals surface area contributed by atoms with E-state index in [2.05, 4.69) is 11.4 Å². The maximum Gasteiger partial charge on any atom is 0.123 e. The van der Waals surface area contributed by atoms with Crippen LogP contribution in [0.3, 0.4) is 0 Å². The number of hydrogen-bond donors (Lipinski definition) is 1. The first-order chi connectivity index (χ1) is 7.35. The van der Waals surface area contributed by atoms with Gasteiger partial charge in [-0.2, -0.15) is 0 Å². The highest BCUT2D eigenvalue weighted by molar-refractivity contribution is 5.85. The van der Waals surface area contributed by atoms with Crippen molar-refractivity contribution in [3.05, 3.63) is 23.8 Å². The van der Waals surface area contributed by atoms with E-state index >= 15 is 0 Å². The first-order valence-electron chi connectivity index (χ1n) is 5.30. The molecule has 1 aromatic rings. The average Bonchev–Trinajstić information content (AvgIpc) is 2.81. The summed E-state index contributed by atoms with van der Waals surface area (Å²) in [6.45, 7) is 1.09. The summed E-state index contributed by atoms with van der Waals surface area (Å²) in [6.07, 6.45) is 2.40. The Morgan fingerprint density at radius 3 is 2.62 bits per heavy atom. The Morgan fingerprint density at radius 2 is 2.06 bits per heavy atom. The molecular formula is C12H18ClNO2. The van der Waals surface area contributed by atoms with Crippen LogP contribution in [0, 0.1) is 0 Å². The van der Waals surface area contributed by atoms with Crippen molar-refractivity contribution in [2.45, 2.75) is 18.9 Å². The fourth-order valence-electron chi connectivity index (χ4n) is 2.06. The van der Waals surface area contributed by atoms with E-state index in [1.807, 2.05) is 12.1 Å². The normalized spacial score (nSPS) is 19.0. The van der Waals surface area contributed by atoms with Crippen LogP contribution in [-0.4, -0.2) is 20.8 Å². The third-order valence-electron chi connectivity index (χ3n) is 2.87. The first kappa shape index (κ1) is 13.1. The van der Waals surface area contributed by atoms with Gasteiger partial charge < -0.3 is 14.8 Å². The lowest BCUT2D eigenvalue weighted by molar-refractivity contribution is 0.393. The second-order valence-corrected chi connectivity index (χ2v) is 3.76. The number of methoxy groups -OCH3 is 2. The zero-order valence-corrected chi connectivity index (χ0v) is 10.5. The van der Waals surface area contributed by atoms with Crippen molar-refractivity contribution in [1.29, 1.82) is 0 Å². The van der Waals surface area contributed by atoms with E-state index in [1.165, 1.54) is 18.4 Å². The maximum absolute atomic E-state index is 5.36. The summed E-state index contributed by atoms with van der Waals surface area (Å²) < 4.78 is 10.6. The minimum Gasteiger partial charge on any atom is -0.497 e. The minimum atomic E-state index is 0. The Kier molecular flexibility index (Phi) is 4.90. The molecule has 4 heteroatoms. The number of halogens is 1. The summed E-state index contributed by atoms with van der Waals surface area (Å²) >= 11 is 0. The zero-order chi connectivity index (χ0) is 10.7. The molecule has 1 saturated heterocycles. The zero-order valence-electron chi connectivity index (χ0n) is 9.66. The molecule has 16 heavy (non-hydrogen) atoms. The second kappa shape index (κ2) is 5.97. The van der Waals surface area contributed by atoms with Crippen LogP contribution >= 0.6 is 12.4 Å². The van der Waals surface area contributed by atoms with Crippen LogP contribution in [0.5, 0.6) is 11.5 Å². The molecular weight excluding hydrogens is 226 g/mol. The standard InChI is InChI=1S/C12H17NO2.ClH/c1-14-9-5-6-12(15-2)10(8-9)11-4-3-7-13-11;/h5-6,8,11,13H,3-4,7H2,1-2H3;1H/t11-;/m1./s1. The van der Waals surface area contributed by atoms with Gasteiger partial charge in [0.25, 0.3) is 0 Å². The van der Waals surface area contributed by atoms with Crippen molar-refractivity contribution in [2.75, 3.05) is 20.8 Å². The van der Waals surface area contributed by atoms with Crippen molar-refractivity contribution in [3.63, 3.8) is 0 Å². The number of ether oxygens (including phenoxy) is 2. The molecule has 0 bridgehead atoms. The predicted octanol–water partition coefficient (Wildman–Crippen LogP) is 2.55. The molecule has 0 amide bonds. The van der Waals surface area contributed by atoms with E-state index in [1.54, 1.807) is 14.2 Å². The lowest BCUT2D eigenvalue weighted by atomic mass is 10.0. The van der Waals surface area contributed by atoms with E-state index in [0.717, 1.165) is 18.0 Å². The van der Waals surface area contributed by atoms with Crippen molar-refractivity contribution < 1.29 is 9.47 Å². The van der Waals surface area contributed by atoms with Gasteiger partial charge >= 0.3 is 0 Å². The van der Waals surface area contributed by atoms with Crippen LogP contribution in [0.15, 0.2) is 18.2 Å². The molecule has 0 saturated carbocycles. The summed E-state index contributed by atoms with van der Waals surface area (Å²) in [6, 6.07) is 6.36. The minimum absolute atomic E-state index is 0. The van der Waals surface area contributed by atoms with Gasteiger partial charge in [0.05, 0.1) is 14.2 Å². The third-order valence-corrected chi connectivity index (χ3v) is 2.87. The smallest absolute Gasteiger partial charge is 0.123 e. The summed E-state index contributed by atoms with van der Waals surface area (Å²) in [5.41, 5.74) is 1.20. The lowest BCUT2D eigenvalue weighted by Gasteiger charge is -2.15. The van der Waals surface area contributed by atoms with Crippen LogP contribution in [0.4, 0.5) is 0 Å². The molecule has 1 atom stereocenters. The van der Waals surface area contributed by atoms with Crippen LogP contribution in [0.1, 0.15) is 24.4 Å². The molecule has 0 aliphatic carbocycles. The summed E-state index contributed by atoms with van der Waals surface area (Å²) in [5, 5.41) is 3.46. The summed E-state index contributed by atoms with van der Waals surface area (Å²) in [5.74, 6) is 1.83. The molecule has 3 nitrogen and oxygen atoms in total. The van der Waals surface area contributed by atoms with Crippen LogP contribution in [0.25, 0.3) is 0 Å². The van der Waals surface area contributed by atoms with Gasteiger partial charge in [0.1, 0.15) is 11.5 Å². The van der Waals surface area contributed by atoms with Gasteiger partial charge in [-0.1, -0.05) is 0 Å². The largest absolute Gasteiger partial charge is 0.497 e. The third kappa shape index (κ3) is 2.60. The van der Waals surface area contributed by atoms with Crippen LogP contribution < -0.4 is 14.8 Å². The summed E-state index contributed by atoms with van der Waals surface area (Å²) in [4.78, 5) is 0. The van der Waals surface area contributed by atoms with Gasteiger partial charge in [-0.25, -0.2) is 0 Å². The molecule has 0 unspecified atom stereocenters. The highest BCUT2D eigenvalue weighted by Crippen LogP contribution is 2.33. The summed E-state index contributed by atoms with van der Waals surface area (Å²) in [7, 11) is 3.40. The maximum atomic E-state index is 5.36. The molecule has 0 aromatic heterocycles. The van der Waals surface area contributed by atoms with Gasteiger partial charge in [0.2, 0.25) is 0 Å². The number of hydrogen-bond acceptors (Lipinski definition) is 3. The molecule has 1 aromatic carbocycles. The quantitative estimate of drug-likeness (QED) is 0.885. The highest BCUT2D eigenvalue weighted by atomic mass is 35.5. The molecule has 1 aliphatic rings. The molecule has 1 heterocycles. The molecule has 90 valence electrons. The van der Waals surface area contributed by atoms with E-state index in [4.69, 9.17) is 9.47 Å². The Hall–Kier alpha value is -0.930. The van der Waals surface area contributed by atoms with Crippen molar-refractivity contribution >= 4 is 12.4 Å². The molecule has 1 N–H and O–H groups in total. The number of rotatable bonds is 3. The second-order valence-electron chi connectivity index (χ2n) is 3.76. The van der Waals surface area contributed by atoms with Gasteiger partial charge in [0, 0.05) is 11.6 Å².